The number of methoxy groups -OCH3 is 1. The molecule has 0 bridgehead atoms. The molecule has 0 fully saturated rings. The molecule has 0 saturated carbocycles. The van der Waals surface area contributed by atoms with E-state index in [4.69, 9.17) is 4.74 Å². The molecule has 1 N–H and O–H groups in total. The number of ether oxygens (including phenoxy) is 1. The molecule has 2 aromatic carbocycles. The largest absolute Gasteiger partial charge is 0.494 e. The Labute approximate surface area is 155 Å². The van der Waals surface area contributed by atoms with Gasteiger partial charge in [0.25, 0.3) is 5.91 Å². The van der Waals surface area contributed by atoms with Crippen molar-refractivity contribution >= 4 is 17.2 Å². The second-order valence-corrected chi connectivity index (χ2v) is 6.85. The lowest BCUT2D eigenvalue weighted by molar-refractivity contribution is 0.0935. The first-order chi connectivity index (χ1) is 12.5. The van der Waals surface area contributed by atoms with Crippen molar-refractivity contribution in [3.63, 3.8) is 0 Å². The number of rotatable bonds is 5. The molecule has 4 nitrogen and oxygen atoms in total. The van der Waals surface area contributed by atoms with Gasteiger partial charge in [0.15, 0.2) is 11.6 Å². The number of carbonyl (C=O) groups is 1. The van der Waals surface area contributed by atoms with Crippen molar-refractivity contribution in [1.82, 2.24) is 10.3 Å². The average molecular weight is 370 g/mol. The topological polar surface area (TPSA) is 51.2 Å². The predicted molar refractivity (Wildman–Crippen MR) is 101 cm³/mol. The Hall–Kier alpha value is -2.73. The number of hydrogen-bond donors (Lipinski definition) is 1. The molecule has 1 atom stereocenters. The van der Waals surface area contributed by atoms with Crippen LogP contribution in [-0.4, -0.2) is 18.0 Å². The lowest BCUT2D eigenvalue weighted by atomic mass is 10.1. The standard InChI is InChI=1S/C20H19FN2O2S/c1-12-4-6-14(7-5-12)20-23-17(11-26-20)19(24)22-13(2)15-8-9-18(25-3)16(21)10-15/h4-11,13H,1-3H3,(H,22,24). The number of nitrogens with one attached hydrogen (secondary N) is 1. The Morgan fingerprint density at radius 3 is 2.62 bits per heavy atom. The maximum atomic E-state index is 13.8. The van der Waals surface area contributed by atoms with Gasteiger partial charge in [0.05, 0.1) is 13.2 Å². The molecule has 6 heteroatoms. The van der Waals surface area contributed by atoms with E-state index in [0.29, 0.717) is 11.3 Å². The Morgan fingerprint density at radius 2 is 1.96 bits per heavy atom. The zero-order chi connectivity index (χ0) is 18.7. The van der Waals surface area contributed by atoms with Crippen LogP contribution in [-0.2, 0) is 0 Å². The second kappa shape index (κ2) is 7.66. The van der Waals surface area contributed by atoms with Crippen molar-refractivity contribution in [2.75, 3.05) is 7.11 Å². The maximum Gasteiger partial charge on any atom is 0.271 e. The molecule has 1 aromatic heterocycles. The minimum absolute atomic E-state index is 0.175. The first-order valence-electron chi connectivity index (χ1n) is 8.15. The summed E-state index contributed by atoms with van der Waals surface area (Å²) in [5.74, 6) is -0.570. The number of amides is 1. The van der Waals surface area contributed by atoms with Crippen LogP contribution >= 0.6 is 11.3 Å². The maximum absolute atomic E-state index is 13.8. The van der Waals surface area contributed by atoms with Gasteiger partial charge in [-0.15, -0.1) is 11.3 Å². The van der Waals surface area contributed by atoms with Crippen LogP contribution in [0.15, 0.2) is 47.8 Å². The highest BCUT2D eigenvalue weighted by Gasteiger charge is 2.16. The van der Waals surface area contributed by atoms with Crippen molar-refractivity contribution < 1.29 is 13.9 Å². The molecule has 0 spiro atoms. The summed E-state index contributed by atoms with van der Waals surface area (Å²) in [6.45, 7) is 3.82. The minimum atomic E-state index is -0.457. The third-order valence-corrected chi connectivity index (χ3v) is 4.95. The molecule has 0 saturated heterocycles. The zero-order valence-electron chi connectivity index (χ0n) is 14.7. The molecule has 134 valence electrons. The molecule has 3 aromatic rings. The number of benzene rings is 2. The fraction of sp³-hybridized carbons (Fsp3) is 0.200. The summed E-state index contributed by atoms with van der Waals surface area (Å²) in [5, 5.41) is 5.37. The molecule has 1 amide bonds. The number of thiazole rings is 1. The number of halogens is 1. The van der Waals surface area contributed by atoms with Crippen LogP contribution in [0.4, 0.5) is 4.39 Å². The van der Waals surface area contributed by atoms with Crippen LogP contribution in [0.2, 0.25) is 0 Å². The van der Waals surface area contributed by atoms with Gasteiger partial charge in [-0.25, -0.2) is 9.37 Å². The van der Waals surface area contributed by atoms with E-state index in [2.05, 4.69) is 10.3 Å². The van der Waals surface area contributed by atoms with Crippen molar-refractivity contribution in [1.29, 1.82) is 0 Å². The van der Waals surface area contributed by atoms with Crippen molar-refractivity contribution in [3.05, 3.63) is 70.5 Å². The smallest absolute Gasteiger partial charge is 0.271 e. The van der Waals surface area contributed by atoms with Crippen LogP contribution in [0.5, 0.6) is 5.75 Å². The van der Waals surface area contributed by atoms with E-state index in [1.165, 1.54) is 30.1 Å². The normalized spacial score (nSPS) is 11.8. The van der Waals surface area contributed by atoms with Gasteiger partial charge in [-0.3, -0.25) is 4.79 Å². The third kappa shape index (κ3) is 3.91. The van der Waals surface area contributed by atoms with E-state index in [1.54, 1.807) is 24.4 Å². The monoisotopic (exact) mass is 370 g/mol. The van der Waals surface area contributed by atoms with E-state index < -0.39 is 5.82 Å². The van der Waals surface area contributed by atoms with Crippen molar-refractivity contribution in [2.24, 2.45) is 0 Å². The van der Waals surface area contributed by atoms with Crippen molar-refractivity contribution in [2.45, 2.75) is 19.9 Å². The van der Waals surface area contributed by atoms with Crippen LogP contribution in [0.3, 0.4) is 0 Å². The molecule has 1 heterocycles. The Morgan fingerprint density at radius 1 is 1.23 bits per heavy atom. The molecule has 3 rings (SSSR count). The first-order valence-corrected chi connectivity index (χ1v) is 9.02. The van der Waals surface area contributed by atoms with Crippen LogP contribution in [0.1, 0.15) is 34.6 Å². The van der Waals surface area contributed by atoms with Gasteiger partial charge in [-0.2, -0.15) is 0 Å². The molecule has 0 radical (unpaired) electrons. The van der Waals surface area contributed by atoms with Gasteiger partial charge in [0, 0.05) is 10.9 Å². The van der Waals surface area contributed by atoms with Gasteiger partial charge < -0.3 is 10.1 Å². The summed E-state index contributed by atoms with van der Waals surface area (Å²) in [7, 11) is 1.41. The quantitative estimate of drug-likeness (QED) is 0.705. The molecule has 0 aliphatic rings. The van der Waals surface area contributed by atoms with E-state index in [-0.39, 0.29) is 17.7 Å². The molecular weight excluding hydrogens is 351 g/mol. The summed E-state index contributed by atoms with van der Waals surface area (Å²) < 4.78 is 18.8. The second-order valence-electron chi connectivity index (χ2n) is 5.99. The number of aryl methyl sites for hydroxylation is 1. The number of carbonyl (C=O) groups excluding carboxylic acids is 1. The summed E-state index contributed by atoms with van der Waals surface area (Å²) >= 11 is 1.42. The van der Waals surface area contributed by atoms with Gasteiger partial charge in [0.1, 0.15) is 10.7 Å². The van der Waals surface area contributed by atoms with Gasteiger partial charge in [-0.05, 0) is 31.5 Å². The number of nitrogens with zero attached hydrogens (tertiary/aromatic N) is 1. The van der Waals surface area contributed by atoms with E-state index in [0.717, 1.165) is 10.6 Å². The Balaban J connectivity index is 1.72. The Bertz CT molecular complexity index is 922. The Kier molecular flexibility index (Phi) is 5.32. The number of hydrogen-bond acceptors (Lipinski definition) is 4. The summed E-state index contributed by atoms with van der Waals surface area (Å²) in [4.78, 5) is 16.9. The molecule has 26 heavy (non-hydrogen) atoms. The summed E-state index contributed by atoms with van der Waals surface area (Å²) in [6, 6.07) is 12.3. The van der Waals surface area contributed by atoms with Crippen LogP contribution in [0, 0.1) is 12.7 Å². The summed E-state index contributed by atoms with van der Waals surface area (Å²) in [5.41, 5.74) is 3.16. The highest BCUT2D eigenvalue weighted by atomic mass is 32.1. The third-order valence-electron chi connectivity index (χ3n) is 4.06. The fourth-order valence-electron chi connectivity index (χ4n) is 2.51. The van der Waals surface area contributed by atoms with Gasteiger partial charge in [-0.1, -0.05) is 35.9 Å². The molecular formula is C20H19FN2O2S. The highest BCUT2D eigenvalue weighted by Crippen LogP contribution is 2.25. The van der Waals surface area contributed by atoms with Crippen LogP contribution < -0.4 is 10.1 Å². The molecule has 0 aliphatic heterocycles. The SMILES string of the molecule is COc1ccc(C(C)NC(=O)c2csc(-c3ccc(C)cc3)n2)cc1F. The highest BCUT2D eigenvalue weighted by molar-refractivity contribution is 7.13. The van der Waals surface area contributed by atoms with Crippen LogP contribution in [0.25, 0.3) is 10.6 Å². The van der Waals surface area contributed by atoms with E-state index in [1.807, 2.05) is 31.2 Å². The lowest BCUT2D eigenvalue weighted by Crippen LogP contribution is -2.27. The lowest BCUT2D eigenvalue weighted by Gasteiger charge is -2.14. The fourth-order valence-corrected chi connectivity index (χ4v) is 3.32. The minimum Gasteiger partial charge on any atom is -0.494 e. The van der Waals surface area contributed by atoms with Gasteiger partial charge in [0.2, 0.25) is 0 Å². The van der Waals surface area contributed by atoms with E-state index in [9.17, 15) is 9.18 Å². The van der Waals surface area contributed by atoms with E-state index >= 15 is 0 Å². The predicted octanol–water partition coefficient (Wildman–Crippen LogP) is 4.76. The van der Waals surface area contributed by atoms with Crippen molar-refractivity contribution in [3.8, 4) is 16.3 Å². The molecule has 0 aliphatic carbocycles. The molecule has 1 unspecified atom stereocenters. The average Bonchev–Trinajstić information content (AvgIpc) is 3.12. The number of aromatic nitrogens is 1. The zero-order valence-corrected chi connectivity index (χ0v) is 15.6. The summed E-state index contributed by atoms with van der Waals surface area (Å²) in [6.07, 6.45) is 0. The first kappa shape index (κ1) is 18.1. The van der Waals surface area contributed by atoms with Gasteiger partial charge >= 0.3 is 0 Å².